The average Bonchev–Trinajstić information content (AvgIpc) is 2.48. The molecule has 7 nitrogen and oxygen atoms in total. The normalized spacial score (nSPS) is 9.65. The Bertz CT molecular complexity index is 666. The van der Waals surface area contributed by atoms with Crippen LogP contribution >= 0.6 is 0 Å². The van der Waals surface area contributed by atoms with E-state index in [1.54, 1.807) is 6.92 Å². The summed E-state index contributed by atoms with van der Waals surface area (Å²) >= 11 is 0. The number of benzene rings is 1. The van der Waals surface area contributed by atoms with Crippen molar-refractivity contribution in [3.8, 4) is 11.3 Å². The summed E-state index contributed by atoms with van der Waals surface area (Å²) in [5.41, 5.74) is 9.81. The van der Waals surface area contributed by atoms with Gasteiger partial charge in [0, 0.05) is 10.5 Å². The van der Waals surface area contributed by atoms with Crippen LogP contribution < -0.4 is 0 Å². The fourth-order valence-electron chi connectivity index (χ4n) is 1.59. The van der Waals surface area contributed by atoms with Gasteiger partial charge in [-0.25, -0.2) is 14.8 Å². The van der Waals surface area contributed by atoms with Crippen molar-refractivity contribution in [3.05, 3.63) is 52.5 Å². The van der Waals surface area contributed by atoms with Crippen LogP contribution in [0.5, 0.6) is 0 Å². The van der Waals surface area contributed by atoms with Crippen molar-refractivity contribution in [1.29, 1.82) is 0 Å². The summed E-state index contributed by atoms with van der Waals surface area (Å²) in [5, 5.41) is 3.35. The highest BCUT2D eigenvalue weighted by Crippen LogP contribution is 2.20. The molecule has 0 unspecified atom stereocenters. The Morgan fingerprint density at radius 1 is 1.35 bits per heavy atom. The van der Waals surface area contributed by atoms with E-state index in [-0.39, 0.29) is 18.2 Å². The fourth-order valence-corrected chi connectivity index (χ4v) is 1.59. The largest absolute Gasteiger partial charge is 0.461 e. The molecule has 2 rings (SSSR count). The third-order valence-corrected chi connectivity index (χ3v) is 2.40. The Hall–Kier alpha value is -2.92. The first-order chi connectivity index (χ1) is 9.74. The lowest BCUT2D eigenvalue weighted by Gasteiger charge is -2.05. The zero-order valence-electron chi connectivity index (χ0n) is 10.7. The molecule has 0 bridgehead atoms. The number of nitrogens with zero attached hydrogens (tertiary/aromatic N) is 5. The van der Waals surface area contributed by atoms with Gasteiger partial charge < -0.3 is 4.74 Å². The Kier molecular flexibility index (Phi) is 4.26. The van der Waals surface area contributed by atoms with Gasteiger partial charge in [-0.2, -0.15) is 0 Å². The number of ether oxygens (including phenoxy) is 1. The number of carbonyl (C=O) groups is 1. The maximum atomic E-state index is 11.7. The molecule has 2 aromatic rings. The zero-order valence-corrected chi connectivity index (χ0v) is 10.7. The first-order valence-electron chi connectivity index (χ1n) is 5.91. The summed E-state index contributed by atoms with van der Waals surface area (Å²) in [4.78, 5) is 22.3. The van der Waals surface area contributed by atoms with Crippen LogP contribution in [0.3, 0.4) is 0 Å². The van der Waals surface area contributed by atoms with E-state index in [2.05, 4.69) is 20.0 Å². The van der Waals surface area contributed by atoms with Crippen LogP contribution in [0, 0.1) is 0 Å². The Morgan fingerprint density at radius 3 is 2.75 bits per heavy atom. The molecule has 0 fully saturated rings. The quantitative estimate of drug-likeness (QED) is 0.368. The number of carbonyl (C=O) groups excluding carboxylic acids is 1. The number of esters is 1. The van der Waals surface area contributed by atoms with Crippen LogP contribution in [-0.2, 0) is 4.74 Å². The van der Waals surface area contributed by atoms with Crippen LogP contribution in [0.1, 0.15) is 17.4 Å². The maximum absolute atomic E-state index is 11.7. The number of hydrogen-bond acceptors (Lipinski definition) is 5. The van der Waals surface area contributed by atoms with Crippen molar-refractivity contribution in [2.75, 3.05) is 6.61 Å². The van der Waals surface area contributed by atoms with Gasteiger partial charge in [-0.05, 0) is 23.6 Å². The molecule has 20 heavy (non-hydrogen) atoms. The average molecular weight is 269 g/mol. The van der Waals surface area contributed by atoms with E-state index in [1.165, 1.54) is 6.07 Å². The molecular formula is C13H11N5O2. The van der Waals surface area contributed by atoms with E-state index < -0.39 is 5.97 Å². The van der Waals surface area contributed by atoms with Crippen LogP contribution in [0.4, 0.5) is 5.95 Å². The molecule has 0 aliphatic rings. The van der Waals surface area contributed by atoms with Gasteiger partial charge in [-0.3, -0.25) is 0 Å². The van der Waals surface area contributed by atoms with E-state index in [1.807, 2.05) is 30.3 Å². The summed E-state index contributed by atoms with van der Waals surface area (Å²) in [7, 11) is 0. The maximum Gasteiger partial charge on any atom is 0.357 e. The highest BCUT2D eigenvalue weighted by Gasteiger charge is 2.13. The molecule has 1 heterocycles. The third kappa shape index (κ3) is 3.09. The molecule has 1 aromatic carbocycles. The van der Waals surface area contributed by atoms with Crippen LogP contribution in [0.2, 0.25) is 0 Å². The highest BCUT2D eigenvalue weighted by atomic mass is 16.5. The minimum Gasteiger partial charge on any atom is -0.461 e. The SMILES string of the molecule is CCOC(=O)c1cc(-c2ccccc2)nc(N=[N+]=[N-])n1. The minimum absolute atomic E-state index is 0.0584. The third-order valence-electron chi connectivity index (χ3n) is 2.40. The standard InChI is InChI=1S/C13H11N5O2/c1-2-20-12(19)11-8-10(9-6-4-3-5-7-9)15-13(16-11)17-18-14/h3-8H,2H2,1H3. The predicted octanol–water partition coefficient (Wildman–Crippen LogP) is 3.26. The molecule has 0 N–H and O–H groups in total. The van der Waals surface area contributed by atoms with Gasteiger partial charge >= 0.3 is 5.97 Å². The Labute approximate surface area is 114 Å². The van der Waals surface area contributed by atoms with E-state index >= 15 is 0 Å². The summed E-state index contributed by atoms with van der Waals surface area (Å²) in [6, 6.07) is 10.7. The second-order valence-corrected chi connectivity index (χ2v) is 3.71. The highest BCUT2D eigenvalue weighted by molar-refractivity contribution is 5.88. The fraction of sp³-hybridized carbons (Fsp3) is 0.154. The molecule has 0 radical (unpaired) electrons. The van der Waals surface area contributed by atoms with Gasteiger partial charge in [0.05, 0.1) is 12.3 Å². The summed E-state index contributed by atoms with van der Waals surface area (Å²) in [5.74, 6) is -0.696. The molecule has 0 aliphatic carbocycles. The van der Waals surface area contributed by atoms with Gasteiger partial charge in [0.15, 0.2) is 5.69 Å². The first-order valence-corrected chi connectivity index (χ1v) is 5.91. The van der Waals surface area contributed by atoms with Crippen LogP contribution in [-0.4, -0.2) is 22.5 Å². The molecule has 1 aromatic heterocycles. The van der Waals surface area contributed by atoms with Gasteiger partial charge in [-0.15, -0.1) is 0 Å². The molecule has 100 valence electrons. The summed E-state index contributed by atoms with van der Waals surface area (Å²) in [6.07, 6.45) is 0. The Morgan fingerprint density at radius 2 is 2.10 bits per heavy atom. The molecule has 0 amide bonds. The first kappa shape index (κ1) is 13.5. The van der Waals surface area contributed by atoms with E-state index in [0.717, 1.165) is 5.56 Å². The lowest BCUT2D eigenvalue weighted by atomic mass is 10.1. The number of azide groups is 1. The molecule has 0 atom stereocenters. The van der Waals surface area contributed by atoms with Crippen LogP contribution in [0.15, 0.2) is 41.5 Å². The molecule has 7 heteroatoms. The minimum atomic E-state index is -0.582. The summed E-state index contributed by atoms with van der Waals surface area (Å²) < 4.78 is 4.89. The van der Waals surface area contributed by atoms with Gasteiger partial charge in [0.1, 0.15) is 0 Å². The summed E-state index contributed by atoms with van der Waals surface area (Å²) in [6.45, 7) is 1.94. The lowest BCUT2D eigenvalue weighted by molar-refractivity contribution is 0.0519. The zero-order chi connectivity index (χ0) is 14.4. The van der Waals surface area contributed by atoms with Crippen molar-refractivity contribution < 1.29 is 9.53 Å². The van der Waals surface area contributed by atoms with Crippen LogP contribution in [0.25, 0.3) is 21.7 Å². The number of aromatic nitrogens is 2. The van der Waals surface area contributed by atoms with Gasteiger partial charge in [-0.1, -0.05) is 30.3 Å². The van der Waals surface area contributed by atoms with E-state index in [9.17, 15) is 4.79 Å². The smallest absolute Gasteiger partial charge is 0.357 e. The topological polar surface area (TPSA) is 101 Å². The molecule has 0 saturated carbocycles. The van der Waals surface area contributed by atoms with E-state index in [0.29, 0.717) is 5.69 Å². The molecule has 0 saturated heterocycles. The molecule has 0 aliphatic heterocycles. The van der Waals surface area contributed by atoms with Crippen molar-refractivity contribution in [2.24, 2.45) is 5.11 Å². The molecular weight excluding hydrogens is 258 g/mol. The number of rotatable bonds is 4. The monoisotopic (exact) mass is 269 g/mol. The van der Waals surface area contributed by atoms with Gasteiger partial charge in [0.2, 0.25) is 5.95 Å². The number of hydrogen-bond donors (Lipinski definition) is 0. The predicted molar refractivity (Wildman–Crippen MR) is 72.2 cm³/mol. The second-order valence-electron chi connectivity index (χ2n) is 3.71. The van der Waals surface area contributed by atoms with Crippen molar-refractivity contribution in [3.63, 3.8) is 0 Å². The van der Waals surface area contributed by atoms with Crippen molar-refractivity contribution >= 4 is 11.9 Å². The van der Waals surface area contributed by atoms with Crippen molar-refractivity contribution in [2.45, 2.75) is 6.92 Å². The van der Waals surface area contributed by atoms with Crippen molar-refractivity contribution in [1.82, 2.24) is 9.97 Å². The lowest BCUT2D eigenvalue weighted by Crippen LogP contribution is -2.08. The van der Waals surface area contributed by atoms with E-state index in [4.69, 9.17) is 10.3 Å². The Balaban J connectivity index is 2.52. The van der Waals surface area contributed by atoms with Gasteiger partial charge in [0.25, 0.3) is 0 Å². The molecule has 0 spiro atoms. The second kappa shape index (κ2) is 6.31.